The molecule has 1 aromatic heterocycles. The molecule has 0 bridgehead atoms. The molecule has 0 saturated carbocycles. The number of carbonyl (C=O) groups is 1. The summed E-state index contributed by atoms with van der Waals surface area (Å²) in [6.07, 6.45) is 0.409. The van der Waals surface area contributed by atoms with Gasteiger partial charge in [-0.25, -0.2) is 0 Å². The van der Waals surface area contributed by atoms with Crippen molar-refractivity contribution in [3.8, 4) is 0 Å². The predicted octanol–water partition coefficient (Wildman–Crippen LogP) is 2.80. The molecule has 5 nitrogen and oxygen atoms in total. The molecule has 3 rings (SSSR count). The van der Waals surface area contributed by atoms with Crippen LogP contribution in [0.2, 0.25) is 5.02 Å². The molecule has 1 aliphatic heterocycles. The molecule has 21 heavy (non-hydrogen) atoms. The molecule has 2 N–H and O–H groups in total. The van der Waals surface area contributed by atoms with Gasteiger partial charge in [0.15, 0.2) is 0 Å². The molecule has 0 spiro atoms. The zero-order chi connectivity index (χ0) is 15.1. The first-order valence-corrected chi connectivity index (χ1v) is 7.18. The van der Waals surface area contributed by atoms with E-state index in [2.05, 4.69) is 15.7 Å². The van der Waals surface area contributed by atoms with Crippen molar-refractivity contribution < 1.29 is 4.79 Å². The predicted molar refractivity (Wildman–Crippen MR) is 83.8 cm³/mol. The third-order valence-electron chi connectivity index (χ3n) is 3.93. The van der Waals surface area contributed by atoms with Crippen molar-refractivity contribution in [2.24, 2.45) is 7.05 Å². The molecule has 1 amide bonds. The van der Waals surface area contributed by atoms with Gasteiger partial charge in [-0.2, -0.15) is 5.10 Å². The van der Waals surface area contributed by atoms with Gasteiger partial charge in [-0.05, 0) is 31.5 Å². The van der Waals surface area contributed by atoms with Crippen LogP contribution in [0.25, 0.3) is 0 Å². The first-order valence-electron chi connectivity index (χ1n) is 6.81. The van der Waals surface area contributed by atoms with Crippen LogP contribution in [0.1, 0.15) is 22.5 Å². The number of nitrogens with one attached hydrogen (secondary N) is 2. The Kier molecular flexibility index (Phi) is 3.37. The highest BCUT2D eigenvalue weighted by Crippen LogP contribution is 2.33. The summed E-state index contributed by atoms with van der Waals surface area (Å²) < 4.78 is 1.87. The number of rotatable bonds is 3. The highest BCUT2D eigenvalue weighted by molar-refractivity contribution is 6.33. The van der Waals surface area contributed by atoms with Crippen molar-refractivity contribution in [1.29, 1.82) is 0 Å². The Morgan fingerprint density at radius 2 is 2.19 bits per heavy atom. The van der Waals surface area contributed by atoms with Gasteiger partial charge in [0, 0.05) is 30.5 Å². The van der Waals surface area contributed by atoms with Gasteiger partial charge in [0.05, 0.1) is 22.8 Å². The number of nitrogens with zero attached hydrogens (tertiary/aromatic N) is 2. The summed E-state index contributed by atoms with van der Waals surface area (Å²) in [5.41, 5.74) is 5.94. The summed E-state index contributed by atoms with van der Waals surface area (Å²) in [7, 11) is 1.94. The number of aromatic nitrogens is 2. The Bertz CT molecular complexity index is 736. The fourth-order valence-corrected chi connectivity index (χ4v) is 2.87. The SMILES string of the molecule is Cc1nn(C)c(C)c1CNc1cc2c(cc1Cl)NC(=O)C2. The van der Waals surface area contributed by atoms with Gasteiger partial charge in [-0.15, -0.1) is 0 Å². The second-order valence-electron chi connectivity index (χ2n) is 5.34. The number of hydrogen-bond acceptors (Lipinski definition) is 3. The maximum Gasteiger partial charge on any atom is 0.228 e. The Morgan fingerprint density at radius 1 is 1.43 bits per heavy atom. The molecule has 1 aromatic carbocycles. The van der Waals surface area contributed by atoms with Crippen molar-refractivity contribution in [1.82, 2.24) is 9.78 Å². The minimum absolute atomic E-state index is 0.0113. The average Bonchev–Trinajstić information content (AvgIpc) is 2.87. The number of aryl methyl sites for hydroxylation is 2. The molecule has 0 atom stereocenters. The van der Waals surface area contributed by atoms with Crippen LogP contribution in [0.5, 0.6) is 0 Å². The first-order chi connectivity index (χ1) is 9.95. The molecule has 0 radical (unpaired) electrons. The Balaban J connectivity index is 1.83. The lowest BCUT2D eigenvalue weighted by molar-refractivity contribution is -0.115. The normalized spacial score (nSPS) is 13.2. The van der Waals surface area contributed by atoms with Crippen molar-refractivity contribution in [3.05, 3.63) is 39.7 Å². The zero-order valence-corrected chi connectivity index (χ0v) is 13.0. The lowest BCUT2D eigenvalue weighted by atomic mass is 10.1. The number of benzene rings is 1. The Hall–Kier alpha value is -2.01. The molecule has 0 saturated heterocycles. The number of anilines is 2. The van der Waals surface area contributed by atoms with Crippen LogP contribution in [-0.2, 0) is 24.8 Å². The van der Waals surface area contributed by atoms with E-state index >= 15 is 0 Å². The van der Waals surface area contributed by atoms with Crippen LogP contribution in [0.3, 0.4) is 0 Å². The minimum atomic E-state index is 0.0113. The van der Waals surface area contributed by atoms with Crippen molar-refractivity contribution in [2.45, 2.75) is 26.8 Å². The Labute approximate surface area is 128 Å². The smallest absolute Gasteiger partial charge is 0.228 e. The quantitative estimate of drug-likeness (QED) is 0.916. The van der Waals surface area contributed by atoms with Gasteiger partial charge in [0.1, 0.15) is 0 Å². The van der Waals surface area contributed by atoms with Crippen LogP contribution in [0.4, 0.5) is 11.4 Å². The van der Waals surface area contributed by atoms with Crippen molar-refractivity contribution in [2.75, 3.05) is 10.6 Å². The van der Waals surface area contributed by atoms with Crippen molar-refractivity contribution >= 4 is 28.9 Å². The molecule has 0 aliphatic carbocycles. The van der Waals surface area contributed by atoms with Crippen LogP contribution in [-0.4, -0.2) is 15.7 Å². The van der Waals surface area contributed by atoms with E-state index in [1.165, 1.54) is 5.56 Å². The molecule has 0 unspecified atom stereocenters. The second-order valence-corrected chi connectivity index (χ2v) is 5.75. The molecular formula is C15H17ClN4O. The van der Waals surface area contributed by atoms with E-state index in [0.29, 0.717) is 18.0 Å². The topological polar surface area (TPSA) is 59.0 Å². The van der Waals surface area contributed by atoms with E-state index in [4.69, 9.17) is 11.6 Å². The first kappa shape index (κ1) is 13.9. The summed E-state index contributed by atoms with van der Waals surface area (Å²) in [5.74, 6) is 0.0113. The van der Waals surface area contributed by atoms with E-state index < -0.39 is 0 Å². The number of fused-ring (bicyclic) bond motifs is 1. The minimum Gasteiger partial charge on any atom is -0.380 e. The molecule has 0 fully saturated rings. The largest absolute Gasteiger partial charge is 0.380 e. The third-order valence-corrected chi connectivity index (χ3v) is 4.25. The lowest BCUT2D eigenvalue weighted by Crippen LogP contribution is -2.03. The summed E-state index contributed by atoms with van der Waals surface area (Å²) >= 11 is 6.27. The molecule has 1 aliphatic rings. The summed E-state index contributed by atoms with van der Waals surface area (Å²) in [6, 6.07) is 3.74. The number of halogens is 1. The van der Waals surface area contributed by atoms with Gasteiger partial charge >= 0.3 is 0 Å². The number of amides is 1. The van der Waals surface area contributed by atoms with E-state index in [1.54, 1.807) is 6.07 Å². The molecular weight excluding hydrogens is 288 g/mol. The second kappa shape index (κ2) is 5.07. The van der Waals surface area contributed by atoms with Gasteiger partial charge in [-0.1, -0.05) is 11.6 Å². The fourth-order valence-electron chi connectivity index (χ4n) is 2.64. The van der Waals surface area contributed by atoms with Gasteiger partial charge in [0.25, 0.3) is 0 Å². The summed E-state index contributed by atoms with van der Waals surface area (Å²) in [4.78, 5) is 11.4. The van der Waals surface area contributed by atoms with Crippen molar-refractivity contribution in [3.63, 3.8) is 0 Å². The fraction of sp³-hybridized carbons (Fsp3) is 0.333. The van der Waals surface area contributed by atoms with E-state index in [9.17, 15) is 4.79 Å². The van der Waals surface area contributed by atoms with E-state index in [1.807, 2.05) is 31.6 Å². The number of carbonyl (C=O) groups excluding carboxylic acids is 1. The van der Waals surface area contributed by atoms with E-state index in [-0.39, 0.29) is 5.91 Å². The Morgan fingerprint density at radius 3 is 2.86 bits per heavy atom. The van der Waals surface area contributed by atoms with Crippen LogP contribution in [0, 0.1) is 13.8 Å². The van der Waals surface area contributed by atoms with Crippen LogP contribution in [0.15, 0.2) is 12.1 Å². The van der Waals surface area contributed by atoms with Gasteiger partial charge < -0.3 is 10.6 Å². The zero-order valence-electron chi connectivity index (χ0n) is 12.2. The highest BCUT2D eigenvalue weighted by Gasteiger charge is 2.19. The van der Waals surface area contributed by atoms with Gasteiger partial charge in [-0.3, -0.25) is 9.48 Å². The molecule has 2 heterocycles. The number of hydrogen-bond donors (Lipinski definition) is 2. The molecule has 6 heteroatoms. The van der Waals surface area contributed by atoms with Crippen LogP contribution < -0.4 is 10.6 Å². The lowest BCUT2D eigenvalue weighted by Gasteiger charge is -2.11. The molecule has 2 aromatic rings. The third kappa shape index (κ3) is 2.49. The average molecular weight is 305 g/mol. The highest BCUT2D eigenvalue weighted by atomic mass is 35.5. The van der Waals surface area contributed by atoms with Gasteiger partial charge in [0.2, 0.25) is 5.91 Å². The summed E-state index contributed by atoms with van der Waals surface area (Å²) in [5, 5.41) is 11.1. The maximum absolute atomic E-state index is 11.4. The monoisotopic (exact) mass is 304 g/mol. The standard InChI is InChI=1S/C15H17ClN4O/c1-8-11(9(2)20(3)19-8)7-17-14-4-10-5-15(21)18-13(10)6-12(14)16/h4,6,17H,5,7H2,1-3H3,(H,18,21). The molecule has 110 valence electrons. The van der Waals surface area contributed by atoms with Crippen LogP contribution >= 0.6 is 11.6 Å². The maximum atomic E-state index is 11.4. The van der Waals surface area contributed by atoms with E-state index in [0.717, 1.165) is 28.3 Å². The summed E-state index contributed by atoms with van der Waals surface area (Å²) in [6.45, 7) is 4.70.